The topological polar surface area (TPSA) is 68.3 Å². The summed E-state index contributed by atoms with van der Waals surface area (Å²) < 4.78 is 31.0. The Balaban J connectivity index is 2.31. The maximum atomic E-state index is 13.4. The molecule has 18 heavy (non-hydrogen) atoms. The number of furan rings is 1. The molecular weight excluding hydrogens is 266 g/mol. The molecule has 1 amide bonds. The number of nitrogens with two attached hydrogens (primary N) is 1. The maximum absolute atomic E-state index is 13.4. The molecule has 1 heterocycles. The number of carbonyl (C=O) groups excluding carboxylic acids is 1. The lowest BCUT2D eigenvalue weighted by Gasteiger charge is -2.08. The fourth-order valence-electron chi connectivity index (χ4n) is 1.36. The molecule has 7 heteroatoms. The summed E-state index contributed by atoms with van der Waals surface area (Å²) in [7, 11) is 0. The number of hydrogen-bond acceptors (Lipinski definition) is 3. The van der Waals surface area contributed by atoms with Gasteiger partial charge in [-0.2, -0.15) is 0 Å². The molecule has 0 radical (unpaired) electrons. The lowest BCUT2D eigenvalue weighted by atomic mass is 10.2. The highest BCUT2D eigenvalue weighted by Crippen LogP contribution is 2.25. The largest absolute Gasteiger partial charge is 0.452 e. The summed E-state index contributed by atoms with van der Waals surface area (Å²) in [5.41, 5.74) is 4.91. The van der Waals surface area contributed by atoms with Crippen molar-refractivity contribution in [1.82, 2.24) is 0 Å². The van der Waals surface area contributed by atoms with Crippen molar-refractivity contribution in [1.29, 1.82) is 0 Å². The van der Waals surface area contributed by atoms with Crippen LogP contribution in [0.1, 0.15) is 10.4 Å². The summed E-state index contributed by atoms with van der Waals surface area (Å²) in [4.78, 5) is 11.7. The lowest BCUT2D eigenvalue weighted by Crippen LogP contribution is -2.14. The Kier molecular flexibility index (Phi) is 3.20. The third-order valence-corrected chi connectivity index (χ3v) is 2.48. The standard InChI is InChI=1S/C11H7ClF2N2O2/c12-10-6(1-2-18-10)11(17)16-9-7(14)3-5(13)4-8(9)15/h1-4H,15H2,(H,16,17). The summed E-state index contributed by atoms with van der Waals surface area (Å²) in [5.74, 6) is -2.50. The van der Waals surface area contributed by atoms with Crippen molar-refractivity contribution >= 4 is 28.9 Å². The van der Waals surface area contributed by atoms with E-state index >= 15 is 0 Å². The van der Waals surface area contributed by atoms with E-state index in [9.17, 15) is 13.6 Å². The Morgan fingerprint density at radius 2 is 2.11 bits per heavy atom. The van der Waals surface area contributed by atoms with E-state index in [0.29, 0.717) is 6.07 Å². The predicted molar refractivity (Wildman–Crippen MR) is 62.4 cm³/mol. The number of nitrogens with one attached hydrogen (secondary N) is 1. The zero-order chi connectivity index (χ0) is 13.3. The van der Waals surface area contributed by atoms with Gasteiger partial charge in [-0.3, -0.25) is 4.79 Å². The van der Waals surface area contributed by atoms with Crippen molar-refractivity contribution in [2.45, 2.75) is 0 Å². The highest BCUT2D eigenvalue weighted by molar-refractivity contribution is 6.32. The average Bonchev–Trinajstić information content (AvgIpc) is 2.69. The molecule has 0 unspecified atom stereocenters. The molecular formula is C11H7ClF2N2O2. The van der Waals surface area contributed by atoms with E-state index in [1.165, 1.54) is 12.3 Å². The van der Waals surface area contributed by atoms with E-state index < -0.39 is 17.5 Å². The maximum Gasteiger partial charge on any atom is 0.260 e. The first-order chi connectivity index (χ1) is 8.49. The van der Waals surface area contributed by atoms with Crippen molar-refractivity contribution in [3.63, 3.8) is 0 Å². The fraction of sp³-hybridized carbons (Fsp3) is 0. The van der Waals surface area contributed by atoms with Crippen LogP contribution in [0.15, 0.2) is 28.9 Å². The molecule has 0 saturated carbocycles. The van der Waals surface area contributed by atoms with Gasteiger partial charge in [0.25, 0.3) is 5.91 Å². The van der Waals surface area contributed by atoms with E-state index in [4.69, 9.17) is 21.8 Å². The van der Waals surface area contributed by atoms with Gasteiger partial charge in [-0.05, 0) is 23.7 Å². The molecule has 0 bridgehead atoms. The second-order valence-corrected chi connectivity index (χ2v) is 3.76. The number of hydrogen-bond donors (Lipinski definition) is 2. The number of carbonyl (C=O) groups is 1. The Morgan fingerprint density at radius 1 is 1.39 bits per heavy atom. The summed E-state index contributed by atoms with van der Waals surface area (Å²) in [6, 6.07) is 2.83. The van der Waals surface area contributed by atoms with Crippen LogP contribution in [0.4, 0.5) is 20.2 Å². The molecule has 94 valence electrons. The van der Waals surface area contributed by atoms with Gasteiger partial charge in [0.05, 0.1) is 17.5 Å². The molecule has 0 fully saturated rings. The smallest absolute Gasteiger partial charge is 0.260 e. The third kappa shape index (κ3) is 2.28. The molecule has 2 aromatic rings. The second kappa shape index (κ2) is 4.66. The fourth-order valence-corrected chi connectivity index (χ4v) is 1.56. The summed E-state index contributed by atoms with van der Waals surface area (Å²) in [6.07, 6.45) is 1.21. The normalized spacial score (nSPS) is 10.4. The Morgan fingerprint density at radius 3 is 2.67 bits per heavy atom. The van der Waals surface area contributed by atoms with Gasteiger partial charge >= 0.3 is 0 Å². The van der Waals surface area contributed by atoms with E-state index in [1.54, 1.807) is 0 Å². The van der Waals surface area contributed by atoms with E-state index in [1.807, 2.05) is 0 Å². The van der Waals surface area contributed by atoms with Gasteiger partial charge in [0.15, 0.2) is 5.82 Å². The van der Waals surface area contributed by atoms with Crippen molar-refractivity contribution in [2.24, 2.45) is 0 Å². The molecule has 0 aliphatic rings. The van der Waals surface area contributed by atoms with Gasteiger partial charge in [-0.25, -0.2) is 8.78 Å². The minimum Gasteiger partial charge on any atom is -0.452 e. The highest BCUT2D eigenvalue weighted by Gasteiger charge is 2.17. The van der Waals surface area contributed by atoms with Crippen molar-refractivity contribution < 1.29 is 18.0 Å². The summed E-state index contributed by atoms with van der Waals surface area (Å²) in [6.45, 7) is 0. The zero-order valence-electron chi connectivity index (χ0n) is 8.84. The van der Waals surface area contributed by atoms with Crippen LogP contribution in [0.2, 0.25) is 5.22 Å². The predicted octanol–water partition coefficient (Wildman–Crippen LogP) is 3.05. The van der Waals surface area contributed by atoms with Crippen LogP contribution in [0, 0.1) is 11.6 Å². The number of amides is 1. The highest BCUT2D eigenvalue weighted by atomic mass is 35.5. The van der Waals surface area contributed by atoms with Gasteiger partial charge in [-0.15, -0.1) is 0 Å². The first-order valence-electron chi connectivity index (χ1n) is 4.78. The lowest BCUT2D eigenvalue weighted by molar-refractivity contribution is 0.102. The average molecular weight is 273 g/mol. The summed E-state index contributed by atoms with van der Waals surface area (Å²) >= 11 is 5.59. The molecule has 4 nitrogen and oxygen atoms in total. The molecule has 1 aromatic carbocycles. The number of benzene rings is 1. The van der Waals surface area contributed by atoms with Crippen LogP contribution in [-0.2, 0) is 0 Å². The van der Waals surface area contributed by atoms with E-state index in [0.717, 1.165) is 6.07 Å². The van der Waals surface area contributed by atoms with Crippen molar-refractivity contribution in [2.75, 3.05) is 11.1 Å². The van der Waals surface area contributed by atoms with Crippen LogP contribution in [0.5, 0.6) is 0 Å². The van der Waals surface area contributed by atoms with Crippen molar-refractivity contribution in [3.05, 3.63) is 46.9 Å². The molecule has 3 N–H and O–H groups in total. The summed E-state index contributed by atoms with van der Waals surface area (Å²) in [5, 5.41) is 2.07. The Bertz CT molecular complexity index is 590. The van der Waals surface area contributed by atoms with Gasteiger partial charge in [-0.1, -0.05) is 0 Å². The first-order valence-corrected chi connectivity index (χ1v) is 5.15. The van der Waals surface area contributed by atoms with Crippen LogP contribution >= 0.6 is 11.6 Å². The van der Waals surface area contributed by atoms with Crippen LogP contribution in [-0.4, -0.2) is 5.91 Å². The quantitative estimate of drug-likeness (QED) is 0.826. The van der Waals surface area contributed by atoms with Crippen LogP contribution in [0.3, 0.4) is 0 Å². The monoisotopic (exact) mass is 272 g/mol. The molecule has 0 aliphatic carbocycles. The number of nitrogen functional groups attached to an aromatic ring is 1. The third-order valence-electron chi connectivity index (χ3n) is 2.19. The van der Waals surface area contributed by atoms with Crippen LogP contribution < -0.4 is 11.1 Å². The second-order valence-electron chi connectivity index (χ2n) is 3.41. The van der Waals surface area contributed by atoms with Gasteiger partial charge in [0.1, 0.15) is 11.5 Å². The Labute approximate surface area is 105 Å². The number of anilines is 2. The molecule has 2 rings (SSSR count). The van der Waals surface area contributed by atoms with Crippen molar-refractivity contribution in [3.8, 4) is 0 Å². The van der Waals surface area contributed by atoms with E-state index in [2.05, 4.69) is 5.32 Å². The zero-order valence-corrected chi connectivity index (χ0v) is 9.59. The van der Waals surface area contributed by atoms with Gasteiger partial charge in [0.2, 0.25) is 5.22 Å². The first kappa shape index (κ1) is 12.4. The SMILES string of the molecule is Nc1cc(F)cc(F)c1NC(=O)c1ccoc1Cl. The molecule has 0 atom stereocenters. The van der Waals surface area contributed by atoms with Gasteiger partial charge < -0.3 is 15.5 Å². The van der Waals surface area contributed by atoms with Gasteiger partial charge in [0, 0.05) is 6.07 Å². The Hall–Kier alpha value is -2.08. The minimum atomic E-state index is -0.972. The van der Waals surface area contributed by atoms with E-state index in [-0.39, 0.29) is 22.2 Å². The minimum absolute atomic E-state index is 0.0276. The van der Waals surface area contributed by atoms with Crippen LogP contribution in [0.25, 0.3) is 0 Å². The number of rotatable bonds is 2. The molecule has 0 spiro atoms. The molecule has 1 aromatic heterocycles. The molecule has 0 saturated heterocycles. The number of halogens is 3. The molecule has 0 aliphatic heterocycles.